The molecule has 3 nitrogen and oxygen atoms in total. The van der Waals surface area contributed by atoms with E-state index in [1.165, 1.54) is 5.56 Å². The molecule has 19 heavy (non-hydrogen) atoms. The van der Waals surface area contributed by atoms with Crippen LogP contribution in [0.2, 0.25) is 0 Å². The van der Waals surface area contributed by atoms with Gasteiger partial charge in [-0.05, 0) is 38.3 Å². The summed E-state index contributed by atoms with van der Waals surface area (Å²) in [5.74, 6) is 0.544. The molecule has 0 saturated carbocycles. The molecular formula is C16H26N2O. The zero-order chi connectivity index (χ0) is 14.4. The minimum Gasteiger partial charge on any atom is -0.325 e. The van der Waals surface area contributed by atoms with E-state index in [-0.39, 0.29) is 11.9 Å². The summed E-state index contributed by atoms with van der Waals surface area (Å²) >= 11 is 0. The third-order valence-electron chi connectivity index (χ3n) is 3.42. The molecule has 0 aliphatic rings. The molecular weight excluding hydrogens is 236 g/mol. The van der Waals surface area contributed by atoms with Crippen LogP contribution in [0.5, 0.6) is 0 Å². The molecule has 0 radical (unpaired) electrons. The number of rotatable bonds is 6. The van der Waals surface area contributed by atoms with Crippen molar-refractivity contribution in [1.29, 1.82) is 0 Å². The van der Waals surface area contributed by atoms with Crippen LogP contribution in [0.1, 0.15) is 39.7 Å². The number of hydrogen-bond acceptors (Lipinski definition) is 2. The lowest BCUT2D eigenvalue weighted by atomic mass is 10.0. The first-order valence-electron chi connectivity index (χ1n) is 7.07. The first kappa shape index (κ1) is 15.7. The number of hydrogen-bond donors (Lipinski definition) is 2. The van der Waals surface area contributed by atoms with E-state index in [0.717, 1.165) is 12.1 Å². The lowest BCUT2D eigenvalue weighted by molar-refractivity contribution is -0.118. The maximum Gasteiger partial charge on any atom is 0.241 e. The highest BCUT2D eigenvalue weighted by atomic mass is 16.2. The molecule has 2 N–H and O–H groups in total. The van der Waals surface area contributed by atoms with E-state index in [0.29, 0.717) is 12.0 Å². The van der Waals surface area contributed by atoms with Crippen molar-refractivity contribution in [1.82, 2.24) is 5.32 Å². The molecule has 0 spiro atoms. The van der Waals surface area contributed by atoms with E-state index >= 15 is 0 Å². The van der Waals surface area contributed by atoms with Gasteiger partial charge in [0.15, 0.2) is 0 Å². The van der Waals surface area contributed by atoms with Gasteiger partial charge in [0.25, 0.3) is 0 Å². The normalized spacial score (nSPS) is 14.2. The van der Waals surface area contributed by atoms with Crippen molar-refractivity contribution in [2.75, 3.05) is 5.32 Å². The monoisotopic (exact) mass is 262 g/mol. The highest BCUT2D eigenvalue weighted by Gasteiger charge is 2.18. The maximum atomic E-state index is 12.1. The van der Waals surface area contributed by atoms with Crippen LogP contribution < -0.4 is 10.6 Å². The van der Waals surface area contributed by atoms with Gasteiger partial charge in [0, 0.05) is 11.7 Å². The van der Waals surface area contributed by atoms with E-state index in [1.54, 1.807) is 0 Å². The number of nitrogens with one attached hydrogen (secondary N) is 2. The number of aryl methyl sites for hydroxylation is 1. The number of amides is 1. The number of carbonyl (C=O) groups excluding carboxylic acids is 1. The van der Waals surface area contributed by atoms with Crippen LogP contribution in [0.3, 0.4) is 0 Å². The molecule has 0 aliphatic carbocycles. The highest BCUT2D eigenvalue weighted by Crippen LogP contribution is 2.10. The Morgan fingerprint density at radius 2 is 1.74 bits per heavy atom. The Kier molecular flexibility index (Phi) is 6.03. The molecule has 1 rings (SSSR count). The third kappa shape index (κ3) is 5.03. The average molecular weight is 262 g/mol. The molecule has 2 unspecified atom stereocenters. The van der Waals surface area contributed by atoms with Gasteiger partial charge in [-0.1, -0.05) is 38.5 Å². The molecule has 0 saturated heterocycles. The number of carbonyl (C=O) groups is 1. The molecule has 0 aliphatic heterocycles. The predicted molar refractivity (Wildman–Crippen MR) is 81.3 cm³/mol. The van der Waals surface area contributed by atoms with Crippen LogP contribution in [-0.2, 0) is 4.79 Å². The molecule has 0 aromatic heterocycles. The van der Waals surface area contributed by atoms with Crippen molar-refractivity contribution in [2.24, 2.45) is 5.92 Å². The zero-order valence-electron chi connectivity index (χ0n) is 12.7. The lowest BCUT2D eigenvalue weighted by Crippen LogP contribution is -2.45. The SMILES string of the molecule is CCC(NC(C)C(=O)Nc1ccc(C)cc1)C(C)C. The summed E-state index contributed by atoms with van der Waals surface area (Å²) in [4.78, 5) is 12.1. The van der Waals surface area contributed by atoms with Crippen molar-refractivity contribution >= 4 is 11.6 Å². The van der Waals surface area contributed by atoms with Gasteiger partial charge in [0.1, 0.15) is 0 Å². The van der Waals surface area contributed by atoms with E-state index < -0.39 is 0 Å². The van der Waals surface area contributed by atoms with Gasteiger partial charge in [-0.15, -0.1) is 0 Å². The summed E-state index contributed by atoms with van der Waals surface area (Å²) < 4.78 is 0. The Morgan fingerprint density at radius 1 is 1.16 bits per heavy atom. The fraction of sp³-hybridized carbons (Fsp3) is 0.562. The first-order valence-corrected chi connectivity index (χ1v) is 7.07. The van der Waals surface area contributed by atoms with E-state index in [9.17, 15) is 4.79 Å². The number of anilines is 1. The smallest absolute Gasteiger partial charge is 0.241 e. The summed E-state index contributed by atoms with van der Waals surface area (Å²) in [7, 11) is 0. The van der Waals surface area contributed by atoms with E-state index in [1.807, 2.05) is 38.1 Å². The first-order chi connectivity index (χ1) is 8.93. The van der Waals surface area contributed by atoms with Crippen molar-refractivity contribution in [3.63, 3.8) is 0 Å². The Hall–Kier alpha value is -1.35. The molecule has 3 heteroatoms. The van der Waals surface area contributed by atoms with Crippen molar-refractivity contribution in [3.05, 3.63) is 29.8 Å². The Bertz CT molecular complexity index is 398. The molecule has 0 fully saturated rings. The predicted octanol–water partition coefficient (Wildman–Crippen LogP) is 3.35. The summed E-state index contributed by atoms with van der Waals surface area (Å²) in [5, 5.41) is 6.32. The molecule has 0 heterocycles. The van der Waals surface area contributed by atoms with Crippen LogP contribution in [-0.4, -0.2) is 18.0 Å². The van der Waals surface area contributed by atoms with Crippen molar-refractivity contribution in [3.8, 4) is 0 Å². The van der Waals surface area contributed by atoms with Crippen LogP contribution >= 0.6 is 0 Å². The maximum absolute atomic E-state index is 12.1. The van der Waals surface area contributed by atoms with Crippen molar-refractivity contribution < 1.29 is 4.79 Å². The summed E-state index contributed by atoms with van der Waals surface area (Å²) in [6.45, 7) is 10.4. The fourth-order valence-electron chi connectivity index (χ4n) is 2.07. The second-order valence-corrected chi connectivity index (χ2v) is 5.50. The zero-order valence-corrected chi connectivity index (χ0v) is 12.7. The molecule has 1 amide bonds. The summed E-state index contributed by atoms with van der Waals surface area (Å²) in [6.07, 6.45) is 1.03. The fourth-order valence-corrected chi connectivity index (χ4v) is 2.07. The molecule has 1 aromatic carbocycles. The Morgan fingerprint density at radius 3 is 2.21 bits per heavy atom. The highest BCUT2D eigenvalue weighted by molar-refractivity contribution is 5.94. The van der Waals surface area contributed by atoms with E-state index in [2.05, 4.69) is 31.4 Å². The van der Waals surface area contributed by atoms with Gasteiger partial charge in [-0.25, -0.2) is 0 Å². The molecule has 1 aromatic rings. The summed E-state index contributed by atoms with van der Waals surface area (Å²) in [6, 6.07) is 8.04. The molecule has 2 atom stereocenters. The lowest BCUT2D eigenvalue weighted by Gasteiger charge is -2.24. The molecule has 106 valence electrons. The van der Waals surface area contributed by atoms with Crippen molar-refractivity contribution in [2.45, 2.75) is 53.1 Å². The quantitative estimate of drug-likeness (QED) is 0.825. The average Bonchev–Trinajstić information content (AvgIpc) is 2.37. The number of benzene rings is 1. The topological polar surface area (TPSA) is 41.1 Å². The van der Waals surface area contributed by atoms with Gasteiger partial charge >= 0.3 is 0 Å². The van der Waals surface area contributed by atoms with Crippen LogP contribution in [0.4, 0.5) is 5.69 Å². The standard InChI is InChI=1S/C16H26N2O/c1-6-15(11(2)3)17-13(5)16(19)18-14-9-7-12(4)8-10-14/h7-11,13,15,17H,6H2,1-5H3,(H,18,19). The largest absolute Gasteiger partial charge is 0.325 e. The molecule has 0 bridgehead atoms. The van der Waals surface area contributed by atoms with Gasteiger partial charge in [0.05, 0.1) is 6.04 Å². The van der Waals surface area contributed by atoms with Crippen LogP contribution in [0, 0.1) is 12.8 Å². The Balaban J connectivity index is 2.55. The van der Waals surface area contributed by atoms with Gasteiger partial charge in [0.2, 0.25) is 5.91 Å². The van der Waals surface area contributed by atoms with Gasteiger partial charge in [-0.2, -0.15) is 0 Å². The third-order valence-corrected chi connectivity index (χ3v) is 3.42. The van der Waals surface area contributed by atoms with Crippen LogP contribution in [0.15, 0.2) is 24.3 Å². The second kappa shape index (κ2) is 7.29. The minimum absolute atomic E-state index is 0.0166. The van der Waals surface area contributed by atoms with Gasteiger partial charge in [-0.3, -0.25) is 4.79 Å². The second-order valence-electron chi connectivity index (χ2n) is 5.50. The van der Waals surface area contributed by atoms with Crippen LogP contribution in [0.25, 0.3) is 0 Å². The van der Waals surface area contributed by atoms with E-state index in [4.69, 9.17) is 0 Å². The summed E-state index contributed by atoms with van der Waals surface area (Å²) in [5.41, 5.74) is 2.04. The Labute approximate surface area is 116 Å². The van der Waals surface area contributed by atoms with Gasteiger partial charge < -0.3 is 10.6 Å². The minimum atomic E-state index is -0.186.